The van der Waals surface area contributed by atoms with E-state index in [1.807, 2.05) is 43.3 Å². The molecule has 0 unspecified atom stereocenters. The molecule has 0 aliphatic carbocycles. The van der Waals surface area contributed by atoms with Crippen LogP contribution in [0.2, 0.25) is 0 Å². The van der Waals surface area contributed by atoms with Gasteiger partial charge in [0.05, 0.1) is 54.9 Å². The lowest BCUT2D eigenvalue weighted by Crippen LogP contribution is -2.47. The summed E-state index contributed by atoms with van der Waals surface area (Å²) in [5, 5.41) is 11.1. The van der Waals surface area contributed by atoms with Gasteiger partial charge in [-0.25, -0.2) is 0 Å². The summed E-state index contributed by atoms with van der Waals surface area (Å²) in [6.45, 7) is 21.0. The summed E-state index contributed by atoms with van der Waals surface area (Å²) in [7, 11) is 3.41. The summed E-state index contributed by atoms with van der Waals surface area (Å²) in [5.41, 5.74) is 5.11. The molecule has 6 rings (SSSR count). The summed E-state index contributed by atoms with van der Waals surface area (Å²) in [4.78, 5) is 36.8. The van der Waals surface area contributed by atoms with Crippen LogP contribution in [0.1, 0.15) is 86.1 Å². The van der Waals surface area contributed by atoms with Gasteiger partial charge in [0.2, 0.25) is 0 Å². The zero-order valence-corrected chi connectivity index (χ0v) is 30.7. The largest absolute Gasteiger partial charge is 0.493 e. The Morgan fingerprint density at radius 3 is 2.28 bits per heavy atom. The average molecular weight is 685 g/mol. The molecule has 2 fully saturated rings. The van der Waals surface area contributed by atoms with Crippen molar-refractivity contribution in [1.82, 2.24) is 9.80 Å². The standard InChI is InChI=1S/C40H52N4O6/c1-24-14-27-20-41-30-18-35(34(48-9)17-28(30)36(45)43(27)21-24)50-23-40(6,7)11-10-39(4,5)12-13-49-33-19-31-29(16-26(33)3)37(46)44-22-25(2)15-32(44)38(47)42(31)8/h16-20,27,32,38,47H,1-2,10-15,21-23H2,3-9H3/t27-,32-,38-/m0/s1. The third kappa shape index (κ3) is 6.99. The first-order valence-electron chi connectivity index (χ1n) is 17.6. The zero-order valence-electron chi connectivity index (χ0n) is 30.7. The molecule has 2 amide bonds. The number of rotatable bonds is 11. The second kappa shape index (κ2) is 13.4. The van der Waals surface area contributed by atoms with Crippen LogP contribution in [0.25, 0.3) is 0 Å². The van der Waals surface area contributed by atoms with E-state index in [4.69, 9.17) is 14.2 Å². The first-order valence-corrected chi connectivity index (χ1v) is 17.6. The number of carbonyl (C=O) groups is 2. The van der Waals surface area contributed by atoms with Crippen molar-refractivity contribution in [2.45, 2.75) is 85.0 Å². The van der Waals surface area contributed by atoms with Gasteiger partial charge in [0.1, 0.15) is 12.0 Å². The SMILES string of the molecule is C=C1C[C@H]2C=Nc3cc(OCC(C)(C)CCC(C)(C)CCOc4cc5c(cc4C)C(=O)N4CC(=C)C[C@H]4[C@H](O)N5C)c(OC)cc3C(=O)N2C1. The summed E-state index contributed by atoms with van der Waals surface area (Å²) >= 11 is 0. The lowest BCUT2D eigenvalue weighted by Gasteiger charge is -2.32. The molecule has 268 valence electrons. The number of carbonyl (C=O) groups excluding carboxylic acids is 2. The maximum atomic E-state index is 13.5. The molecule has 10 heteroatoms. The van der Waals surface area contributed by atoms with Crippen molar-refractivity contribution in [3.8, 4) is 17.2 Å². The van der Waals surface area contributed by atoms with E-state index in [1.165, 1.54) is 0 Å². The first kappa shape index (κ1) is 35.5. The highest BCUT2D eigenvalue weighted by molar-refractivity contribution is 6.04. The van der Waals surface area contributed by atoms with Gasteiger partial charge in [-0.1, -0.05) is 52.0 Å². The predicted molar refractivity (Wildman–Crippen MR) is 196 cm³/mol. The molecule has 2 aromatic rings. The summed E-state index contributed by atoms with van der Waals surface area (Å²) in [6.07, 6.45) is 5.08. The fraction of sp³-hybridized carbons (Fsp3) is 0.525. The second-order valence-corrected chi connectivity index (χ2v) is 16.1. The number of ether oxygens (including phenoxy) is 3. The molecule has 0 aromatic heterocycles. The molecular weight excluding hydrogens is 632 g/mol. The van der Waals surface area contributed by atoms with Crippen molar-refractivity contribution >= 4 is 29.4 Å². The third-order valence-electron chi connectivity index (χ3n) is 10.8. The minimum absolute atomic E-state index is 0.00245. The van der Waals surface area contributed by atoms with Gasteiger partial charge in [-0.05, 0) is 67.6 Å². The summed E-state index contributed by atoms with van der Waals surface area (Å²) < 4.78 is 18.3. The van der Waals surface area contributed by atoms with Gasteiger partial charge in [0, 0.05) is 38.5 Å². The Labute approximate surface area is 296 Å². The number of nitrogens with zero attached hydrogens (tertiary/aromatic N) is 4. The number of aliphatic hydroxyl groups excluding tert-OH is 1. The Morgan fingerprint density at radius 2 is 1.54 bits per heavy atom. The Bertz CT molecular complexity index is 1750. The smallest absolute Gasteiger partial charge is 0.257 e. The van der Waals surface area contributed by atoms with Crippen LogP contribution < -0.4 is 19.1 Å². The molecule has 2 saturated heterocycles. The van der Waals surface area contributed by atoms with Gasteiger partial charge >= 0.3 is 0 Å². The van der Waals surface area contributed by atoms with Crippen molar-refractivity contribution in [3.63, 3.8) is 0 Å². The molecule has 0 bridgehead atoms. The van der Waals surface area contributed by atoms with Crippen molar-refractivity contribution < 1.29 is 28.9 Å². The molecule has 50 heavy (non-hydrogen) atoms. The van der Waals surface area contributed by atoms with Crippen LogP contribution in [0.5, 0.6) is 17.2 Å². The number of benzene rings is 2. The highest BCUT2D eigenvalue weighted by Gasteiger charge is 2.42. The fourth-order valence-corrected chi connectivity index (χ4v) is 7.36. The molecule has 2 aromatic carbocycles. The summed E-state index contributed by atoms with van der Waals surface area (Å²) in [6, 6.07) is 6.96. The van der Waals surface area contributed by atoms with Gasteiger partial charge in [-0.3, -0.25) is 14.6 Å². The van der Waals surface area contributed by atoms with E-state index in [2.05, 4.69) is 45.8 Å². The minimum atomic E-state index is -0.823. The van der Waals surface area contributed by atoms with Crippen molar-refractivity contribution in [1.29, 1.82) is 0 Å². The number of methoxy groups -OCH3 is 1. The van der Waals surface area contributed by atoms with E-state index >= 15 is 0 Å². The lowest BCUT2D eigenvalue weighted by molar-refractivity contribution is 0.0527. The van der Waals surface area contributed by atoms with Gasteiger partial charge < -0.3 is 34.0 Å². The molecule has 0 spiro atoms. The van der Waals surface area contributed by atoms with Crippen LogP contribution in [0, 0.1) is 17.8 Å². The maximum Gasteiger partial charge on any atom is 0.257 e. The topological polar surface area (TPSA) is 104 Å². The van der Waals surface area contributed by atoms with E-state index in [1.54, 1.807) is 23.0 Å². The molecule has 0 radical (unpaired) electrons. The van der Waals surface area contributed by atoms with E-state index in [9.17, 15) is 14.7 Å². The number of aliphatic imine (C=N–C) groups is 1. The average Bonchev–Trinajstić information content (AvgIpc) is 3.61. The number of likely N-dealkylation sites (N-methyl/N-ethyl adjacent to an activating group) is 1. The highest BCUT2D eigenvalue weighted by atomic mass is 16.5. The molecule has 4 aliphatic rings. The molecule has 0 saturated carbocycles. The van der Waals surface area contributed by atoms with Gasteiger partial charge in [-0.2, -0.15) is 0 Å². The van der Waals surface area contributed by atoms with Crippen LogP contribution >= 0.6 is 0 Å². The molecular formula is C40H52N4O6. The molecule has 4 aliphatic heterocycles. The highest BCUT2D eigenvalue weighted by Crippen LogP contribution is 2.41. The van der Waals surface area contributed by atoms with Crippen LogP contribution in [0.4, 0.5) is 11.4 Å². The van der Waals surface area contributed by atoms with Crippen LogP contribution in [-0.2, 0) is 0 Å². The van der Waals surface area contributed by atoms with Crippen LogP contribution in [0.15, 0.2) is 53.6 Å². The Balaban J connectivity index is 1.05. The molecule has 1 N–H and O–H groups in total. The minimum Gasteiger partial charge on any atom is -0.493 e. The Kier molecular flexibility index (Phi) is 9.54. The number of hydrogen-bond donors (Lipinski definition) is 1. The number of hydrogen-bond acceptors (Lipinski definition) is 8. The van der Waals surface area contributed by atoms with E-state index in [0.29, 0.717) is 66.7 Å². The molecule has 3 atom stereocenters. The number of aryl methyl sites for hydroxylation is 1. The van der Waals surface area contributed by atoms with Crippen LogP contribution in [0.3, 0.4) is 0 Å². The van der Waals surface area contributed by atoms with Crippen LogP contribution in [-0.4, -0.2) is 91.7 Å². The van der Waals surface area contributed by atoms with Crippen molar-refractivity contribution in [2.24, 2.45) is 15.8 Å². The third-order valence-corrected chi connectivity index (χ3v) is 10.8. The Morgan fingerprint density at radius 1 is 0.860 bits per heavy atom. The molecule has 4 heterocycles. The van der Waals surface area contributed by atoms with Crippen molar-refractivity contribution in [3.05, 3.63) is 65.3 Å². The lowest BCUT2D eigenvalue weighted by atomic mass is 9.78. The van der Waals surface area contributed by atoms with Crippen molar-refractivity contribution in [2.75, 3.05) is 45.4 Å². The van der Waals surface area contributed by atoms with E-state index < -0.39 is 6.23 Å². The number of amides is 2. The second-order valence-electron chi connectivity index (χ2n) is 16.1. The Hall–Kier alpha value is -4.31. The predicted octanol–water partition coefficient (Wildman–Crippen LogP) is 6.71. The van der Waals surface area contributed by atoms with E-state index in [-0.39, 0.29) is 34.7 Å². The number of fused-ring (bicyclic) bond motifs is 4. The maximum absolute atomic E-state index is 13.5. The fourth-order valence-electron chi connectivity index (χ4n) is 7.36. The monoisotopic (exact) mass is 684 g/mol. The first-order chi connectivity index (χ1) is 23.6. The van der Waals surface area contributed by atoms with Gasteiger partial charge in [-0.15, -0.1) is 0 Å². The quantitative estimate of drug-likeness (QED) is 0.263. The molecule has 10 nitrogen and oxygen atoms in total. The van der Waals surface area contributed by atoms with E-state index in [0.717, 1.165) is 48.1 Å². The van der Waals surface area contributed by atoms with Gasteiger partial charge in [0.15, 0.2) is 11.5 Å². The normalized spacial score (nSPS) is 21.8. The number of aliphatic hydroxyl groups is 1. The number of anilines is 1. The summed E-state index contributed by atoms with van der Waals surface area (Å²) in [5.74, 6) is 1.67. The zero-order chi connectivity index (χ0) is 36.1. The van der Waals surface area contributed by atoms with Gasteiger partial charge in [0.25, 0.3) is 11.8 Å².